The van der Waals surface area contributed by atoms with Gasteiger partial charge in [-0.1, -0.05) is 103 Å². The molecule has 2 saturated carbocycles. The summed E-state index contributed by atoms with van der Waals surface area (Å²) in [6, 6.07) is -2.21. The van der Waals surface area contributed by atoms with Gasteiger partial charge in [0.15, 0.2) is 0 Å². The van der Waals surface area contributed by atoms with Crippen molar-refractivity contribution in [2.75, 3.05) is 55.7 Å². The van der Waals surface area contributed by atoms with Crippen molar-refractivity contribution >= 4 is 41.1 Å². The maximum absolute atomic E-state index is 14.3. The van der Waals surface area contributed by atoms with Crippen LogP contribution in [-0.2, 0) is 80.9 Å². The average Bonchev–Trinajstić information content (AvgIpc) is 0.822. The van der Waals surface area contributed by atoms with E-state index in [1.165, 1.54) is 24.0 Å². The van der Waals surface area contributed by atoms with Gasteiger partial charge in [-0.15, -0.1) is 0 Å². The van der Waals surface area contributed by atoms with Crippen LogP contribution in [0.5, 0.6) is 0 Å². The molecule has 0 unspecified atom stereocenters. The van der Waals surface area contributed by atoms with Crippen molar-refractivity contribution in [3.8, 4) is 0 Å². The van der Waals surface area contributed by atoms with E-state index in [9.17, 15) is 64.2 Å². The largest absolute Gasteiger partial charge is 0.456 e. The number of allylic oxidation sites excluding steroid dienone is 6. The number of rotatable bonds is 12. The maximum Gasteiger partial charge on any atom is 0.329 e. The molecule has 112 heavy (non-hydrogen) atoms. The molecule has 2 amide bonds. The lowest BCUT2D eigenvalue weighted by Crippen LogP contribution is -2.64. The summed E-state index contributed by atoms with van der Waals surface area (Å²) >= 11 is 0. The number of esters is 2. The average molecular weight is 1580 g/mol. The molecule has 28 atom stereocenters. The first-order valence-corrected chi connectivity index (χ1v) is 41.7. The first-order valence-electron chi connectivity index (χ1n) is 41.7. The van der Waals surface area contributed by atoms with Crippen molar-refractivity contribution in [3.63, 3.8) is 0 Å². The zero-order valence-electron chi connectivity index (χ0n) is 70.5. The highest BCUT2D eigenvalue weighted by Crippen LogP contribution is 2.43. The van der Waals surface area contributed by atoms with Crippen LogP contribution in [0, 0.1) is 59.2 Å². The van der Waals surface area contributed by atoms with Crippen molar-refractivity contribution in [1.29, 1.82) is 0 Å². The van der Waals surface area contributed by atoms with E-state index in [0.717, 1.165) is 41.6 Å². The summed E-state index contributed by atoms with van der Waals surface area (Å²) in [4.78, 5) is 102. The van der Waals surface area contributed by atoms with E-state index in [2.05, 4.69) is 46.4 Å². The van der Waals surface area contributed by atoms with E-state index in [1.807, 2.05) is 46.8 Å². The minimum Gasteiger partial charge on any atom is -0.456 e. The number of aliphatic hydroxyl groups excluding tert-OH is 4. The van der Waals surface area contributed by atoms with Crippen LogP contribution in [0.2, 0.25) is 0 Å². The third-order valence-corrected chi connectivity index (χ3v) is 26.0. The second-order valence-corrected chi connectivity index (χ2v) is 34.5. The van der Waals surface area contributed by atoms with Crippen LogP contribution in [0.3, 0.4) is 0 Å². The highest BCUT2D eigenvalue weighted by Gasteiger charge is 2.59. The molecule has 6 fully saturated rings. The topological polar surface area (TPSA) is 340 Å². The van der Waals surface area contributed by atoms with E-state index in [0.29, 0.717) is 95.5 Å². The molecule has 0 aromatic carbocycles. The van der Waals surface area contributed by atoms with Gasteiger partial charge >= 0.3 is 11.9 Å². The number of hydrogen-bond acceptors (Lipinski definition) is 23. The predicted molar refractivity (Wildman–Crippen MR) is 420 cm³/mol. The van der Waals surface area contributed by atoms with E-state index in [1.54, 1.807) is 49.2 Å². The van der Waals surface area contributed by atoms with Crippen LogP contribution in [-0.4, -0.2) is 246 Å². The lowest BCUT2D eigenvalue weighted by molar-refractivity contribution is -0.302. The lowest BCUT2D eigenvalue weighted by Gasteiger charge is -2.47. The molecule has 8 rings (SSSR count). The molecule has 25 heteroatoms. The molecule has 6 N–H and O–H groups in total. The second-order valence-electron chi connectivity index (χ2n) is 34.5. The number of carbonyl (C=O) groups is 7. The first kappa shape index (κ1) is 94.2. The maximum atomic E-state index is 14.3. The normalized spacial score (nSPS) is 41.6. The number of aliphatic hydroxyl groups is 6. The van der Waals surface area contributed by atoms with E-state index >= 15 is 0 Å². The monoisotopic (exact) mass is 1580 g/mol. The fourth-order valence-corrected chi connectivity index (χ4v) is 18.9. The van der Waals surface area contributed by atoms with Crippen molar-refractivity contribution < 1.29 is 112 Å². The van der Waals surface area contributed by atoms with Crippen LogP contribution >= 0.6 is 0 Å². The Kier molecular flexibility index (Phi) is 36.1. The summed E-state index contributed by atoms with van der Waals surface area (Å²) in [6.07, 6.45) is 9.41. The Bertz CT molecular complexity index is 3070. The minimum atomic E-state index is -2.50. The minimum absolute atomic E-state index is 0.000914. The molecular weight excluding hydrogens is 1440 g/mol. The Morgan fingerprint density at radius 3 is 1.21 bits per heavy atom. The molecule has 0 spiro atoms. The van der Waals surface area contributed by atoms with Crippen molar-refractivity contribution in [2.45, 2.75) is 333 Å². The summed E-state index contributed by atoms with van der Waals surface area (Å²) in [5.74, 6) is -14.0. The number of piperidine rings is 2. The molecule has 0 aromatic heterocycles. The number of cyclic esters (lactones) is 2. The second kappa shape index (κ2) is 42.9. The highest BCUT2D eigenvalue weighted by molar-refractivity contribution is 6.39. The molecular formula is C87H140N2O23. The number of amides is 2. The van der Waals surface area contributed by atoms with Crippen molar-refractivity contribution in [1.82, 2.24) is 9.80 Å². The molecule has 636 valence electrons. The van der Waals surface area contributed by atoms with Crippen LogP contribution in [0.25, 0.3) is 0 Å². The molecule has 25 nitrogen and oxygen atoms in total. The Morgan fingerprint density at radius 2 is 0.839 bits per heavy atom. The van der Waals surface area contributed by atoms with Crippen molar-refractivity contribution in [2.24, 2.45) is 59.2 Å². The molecule has 4 saturated heterocycles. The van der Waals surface area contributed by atoms with E-state index in [-0.39, 0.29) is 92.8 Å². The number of ether oxygens (including phenoxy) is 10. The van der Waals surface area contributed by atoms with Gasteiger partial charge in [0.1, 0.15) is 42.3 Å². The number of Topliss-reactive ketones (excluding diaryl/α,β-unsaturated/α-hetero) is 3. The predicted octanol–water partition coefficient (Wildman–Crippen LogP) is 9.93. The SMILES string of the molecule is C=C1C[C@H](O)[C@@H](C)[C@@H](/C(C)=C/[C@@H]2CC[C@@H](O)[C@H](OC)C2)OC(=O)[C@@H]2CCCCN2C(=O)C(=O)[C@]2(O)O[C@H]([C@@H](OC)C[C@@H](C)C/C(C)=C/[C@H]1CC)[C@@H](OC)C[C@H]2C.CC[C@@H]1/C=C(\C)C[C@H](C)C[C@H](OC)[C@H]2O[C@@](O)(C(=O)C(=O)N3CCCC[C@H]3C(=O)O[C@H](/C(C)=C/[C@@H]3CC[C@@H](O)[C@H](OC)C3)[C@H](C)[C@@H](O)CC1=O)[C@H](C)C[C@@H]2OC. The van der Waals surface area contributed by atoms with Gasteiger partial charge < -0.3 is 87.8 Å². The van der Waals surface area contributed by atoms with Crippen LogP contribution in [0.4, 0.5) is 0 Å². The molecule has 8 aliphatic rings. The summed E-state index contributed by atoms with van der Waals surface area (Å²) in [7, 11) is 9.33. The van der Waals surface area contributed by atoms with E-state index in [4.69, 9.17) is 47.4 Å². The molecule has 2 aliphatic carbocycles. The fraction of sp³-hybridized carbons (Fsp3) is 0.805. The van der Waals surface area contributed by atoms with Gasteiger partial charge in [0, 0.05) is 91.8 Å². The molecule has 4 bridgehead atoms. The van der Waals surface area contributed by atoms with Crippen molar-refractivity contribution in [3.05, 3.63) is 58.7 Å². The zero-order valence-corrected chi connectivity index (χ0v) is 70.5. The van der Waals surface area contributed by atoms with Crippen LogP contribution < -0.4 is 0 Å². The summed E-state index contributed by atoms with van der Waals surface area (Å²) < 4.78 is 59.7. The Labute approximate surface area is 666 Å². The number of hydrogen-bond donors (Lipinski definition) is 6. The van der Waals surface area contributed by atoms with Gasteiger partial charge in [0.25, 0.3) is 23.4 Å². The number of ketones is 3. The number of nitrogens with zero attached hydrogens (tertiary/aromatic N) is 2. The van der Waals surface area contributed by atoms with Crippen LogP contribution in [0.1, 0.15) is 224 Å². The Morgan fingerprint density at radius 1 is 0.482 bits per heavy atom. The van der Waals surface area contributed by atoms with Gasteiger partial charge in [0.05, 0.1) is 61.0 Å². The van der Waals surface area contributed by atoms with Gasteiger partial charge in [-0.25, -0.2) is 9.59 Å². The lowest BCUT2D eigenvalue weighted by atomic mass is 9.81. The quantitative estimate of drug-likeness (QED) is 0.0601. The Hall–Kier alpha value is -4.97. The number of carbonyl (C=O) groups excluding carboxylic acids is 7. The molecule has 0 radical (unpaired) electrons. The van der Waals surface area contributed by atoms with Gasteiger partial charge in [0.2, 0.25) is 11.6 Å². The van der Waals surface area contributed by atoms with E-state index < -0.39 is 162 Å². The molecule has 6 heterocycles. The number of fused-ring (bicyclic) bond motifs is 6. The highest BCUT2D eigenvalue weighted by atomic mass is 16.7. The van der Waals surface area contributed by atoms with Gasteiger partial charge in [-0.05, 0) is 203 Å². The smallest absolute Gasteiger partial charge is 0.329 e. The molecule has 6 aliphatic heterocycles. The summed E-state index contributed by atoms with van der Waals surface area (Å²) in [6.45, 7) is 27.5. The fourth-order valence-electron chi connectivity index (χ4n) is 18.9. The first-order chi connectivity index (χ1) is 53.0. The van der Waals surface area contributed by atoms with Gasteiger partial charge in [-0.2, -0.15) is 0 Å². The third-order valence-electron chi connectivity index (χ3n) is 26.0. The summed E-state index contributed by atoms with van der Waals surface area (Å²) in [5, 5.41) is 68.3. The van der Waals surface area contributed by atoms with Gasteiger partial charge in [-0.3, -0.25) is 24.0 Å². The summed E-state index contributed by atoms with van der Waals surface area (Å²) in [5.41, 5.74) is 4.44. The standard InChI is InChI=1S/C44H71NO11.C43H69NO12/c1-11-32-19-25(2)18-26(3)20-37(53-9)40-38(54-10)23-29(6)44(51,56-40)41(48)42(49)45-17-13-12-14-33(45)43(50)55-39(30(7)35(47)22-27(32)4)28(5)21-31-15-16-34(46)36(24-31)52-8;1-10-30-18-24(2)17-25(3)19-36(53-8)39-37(54-9)21-27(5)43(51,56-39)40(48)41(49)44-16-12-11-13-31(44)42(50)55-38(28(6)33(46)23-34(30)47)26(4)20-29-14-15-32(45)35(22-29)52-7/h19,21,26,29-40,46-47,51H,4,11-18,20,22-24H2,1-3,5-10H3;18,20,25,27-33,35-39,45-46,51H,10-17,19,21-23H2,1-9H3/b25-19+,28-21+;24-18+,26-20+/t26-,29+,30+,31-,32+,33-,34+,35-,36+,37-,38-,39+,40+,44+;25-,27+,28+,29-,30+,31-,32+,33-,35+,36-,37-,38+,39+,43+/m00/s1. The molecule has 0 aromatic rings. The third kappa shape index (κ3) is 23.3. The number of methoxy groups -OCH3 is 6. The zero-order chi connectivity index (χ0) is 83.0. The van der Waals surface area contributed by atoms with Crippen LogP contribution in [0.15, 0.2) is 58.7 Å². The Balaban J connectivity index is 0.000000311.